The summed E-state index contributed by atoms with van der Waals surface area (Å²) in [5.41, 5.74) is 6.43. The molecule has 106 valence electrons. The van der Waals surface area contributed by atoms with Gasteiger partial charge in [0.25, 0.3) is 0 Å². The summed E-state index contributed by atoms with van der Waals surface area (Å²) in [7, 11) is 0. The molecule has 1 aromatic heterocycles. The number of aromatic nitrogens is 1. The third-order valence-corrected chi connectivity index (χ3v) is 3.79. The van der Waals surface area contributed by atoms with Crippen LogP contribution < -0.4 is 0 Å². The normalized spacial score (nSPS) is 10.8. The first-order valence-corrected chi connectivity index (χ1v) is 7.27. The number of hydrogen-bond donors (Lipinski definition) is 0. The first-order valence-electron chi connectivity index (χ1n) is 7.27. The summed E-state index contributed by atoms with van der Waals surface area (Å²) in [5.74, 6) is 0.684. The highest BCUT2D eigenvalue weighted by atomic mass is 16.3. The van der Waals surface area contributed by atoms with Gasteiger partial charge in [-0.05, 0) is 55.5 Å². The van der Waals surface area contributed by atoms with Gasteiger partial charge in [0.1, 0.15) is 6.26 Å². The van der Waals surface area contributed by atoms with Crippen LogP contribution in [0.5, 0.6) is 0 Å². The third kappa shape index (κ3) is 3.22. The monoisotopic (exact) mass is 277 g/mol. The van der Waals surface area contributed by atoms with Gasteiger partial charge in [-0.3, -0.25) is 0 Å². The molecule has 0 unspecified atom stereocenters. The van der Waals surface area contributed by atoms with Crippen LogP contribution in [0.3, 0.4) is 0 Å². The molecule has 0 N–H and O–H groups in total. The summed E-state index contributed by atoms with van der Waals surface area (Å²) < 4.78 is 5.35. The van der Waals surface area contributed by atoms with Gasteiger partial charge in [0.2, 0.25) is 5.89 Å². The maximum Gasteiger partial charge on any atom is 0.225 e. The van der Waals surface area contributed by atoms with Crippen molar-refractivity contribution in [2.45, 2.75) is 26.7 Å². The highest BCUT2D eigenvalue weighted by Crippen LogP contribution is 2.21. The number of oxazole rings is 1. The number of nitrogens with zero attached hydrogens (tertiary/aromatic N) is 1. The highest BCUT2D eigenvalue weighted by molar-refractivity contribution is 5.55. The summed E-state index contributed by atoms with van der Waals surface area (Å²) in [4.78, 5) is 4.19. The van der Waals surface area contributed by atoms with Gasteiger partial charge in [0.15, 0.2) is 0 Å². The zero-order valence-corrected chi connectivity index (χ0v) is 12.5. The van der Waals surface area contributed by atoms with E-state index in [1.165, 1.54) is 22.3 Å². The Morgan fingerprint density at radius 2 is 1.90 bits per heavy atom. The maximum atomic E-state index is 5.35. The summed E-state index contributed by atoms with van der Waals surface area (Å²) in [6.07, 6.45) is 5.41. The van der Waals surface area contributed by atoms with Gasteiger partial charge in [-0.15, -0.1) is 0 Å². The first kappa shape index (κ1) is 13.6. The molecular weight excluding hydrogens is 258 g/mol. The Kier molecular flexibility index (Phi) is 3.87. The predicted octanol–water partition coefficient (Wildman–Crippen LogP) is 4.74. The Morgan fingerprint density at radius 3 is 2.62 bits per heavy atom. The van der Waals surface area contributed by atoms with Gasteiger partial charge in [-0.25, -0.2) is 4.98 Å². The molecule has 3 aromatic rings. The number of aryl methyl sites for hydroxylation is 4. The molecule has 0 saturated carbocycles. The largest absolute Gasteiger partial charge is 0.445 e. The van der Waals surface area contributed by atoms with Gasteiger partial charge in [0.05, 0.1) is 6.20 Å². The molecule has 0 atom stereocenters. The van der Waals surface area contributed by atoms with Crippen molar-refractivity contribution in [1.29, 1.82) is 0 Å². The molecule has 2 nitrogen and oxygen atoms in total. The maximum absolute atomic E-state index is 5.35. The quantitative estimate of drug-likeness (QED) is 0.688. The lowest BCUT2D eigenvalue weighted by atomic mass is 9.98. The minimum Gasteiger partial charge on any atom is -0.445 e. The van der Waals surface area contributed by atoms with Crippen molar-refractivity contribution in [1.82, 2.24) is 4.98 Å². The topological polar surface area (TPSA) is 26.0 Å². The standard InChI is InChI=1S/C19H19NO/c1-14-4-3-5-16(12-14)6-7-17-8-9-18(13-15(17)2)19-20-10-11-21-19/h3-5,8-13H,6-7H2,1-2H3. The summed E-state index contributed by atoms with van der Waals surface area (Å²) in [5, 5.41) is 0. The Morgan fingerprint density at radius 1 is 1.00 bits per heavy atom. The van der Waals surface area contributed by atoms with Gasteiger partial charge < -0.3 is 4.42 Å². The minimum atomic E-state index is 0.684. The van der Waals surface area contributed by atoms with Crippen LogP contribution in [0, 0.1) is 13.8 Å². The summed E-state index contributed by atoms with van der Waals surface area (Å²) in [6, 6.07) is 15.1. The van der Waals surface area contributed by atoms with Crippen molar-refractivity contribution in [3.05, 3.63) is 77.2 Å². The van der Waals surface area contributed by atoms with Crippen molar-refractivity contribution < 1.29 is 4.42 Å². The second-order valence-electron chi connectivity index (χ2n) is 5.47. The van der Waals surface area contributed by atoms with Crippen molar-refractivity contribution in [3.8, 4) is 11.5 Å². The van der Waals surface area contributed by atoms with Gasteiger partial charge in [0, 0.05) is 5.56 Å². The molecule has 2 aromatic carbocycles. The van der Waals surface area contributed by atoms with Crippen LogP contribution in [0.2, 0.25) is 0 Å². The lowest BCUT2D eigenvalue weighted by Crippen LogP contribution is -1.95. The Hall–Kier alpha value is -2.35. The van der Waals surface area contributed by atoms with Gasteiger partial charge in [-0.1, -0.05) is 35.9 Å². The van der Waals surface area contributed by atoms with Crippen LogP contribution >= 0.6 is 0 Å². The van der Waals surface area contributed by atoms with Crippen molar-refractivity contribution in [2.75, 3.05) is 0 Å². The second kappa shape index (κ2) is 5.96. The number of hydrogen-bond acceptors (Lipinski definition) is 2. The van der Waals surface area contributed by atoms with E-state index in [1.54, 1.807) is 12.5 Å². The molecule has 3 rings (SSSR count). The van der Waals surface area contributed by atoms with E-state index in [4.69, 9.17) is 4.42 Å². The SMILES string of the molecule is Cc1cccc(CCc2ccc(-c3ncco3)cc2C)c1. The zero-order chi connectivity index (χ0) is 14.7. The molecule has 0 aliphatic carbocycles. The van der Waals surface area contributed by atoms with E-state index >= 15 is 0 Å². The molecular formula is C19H19NO. The molecule has 0 fully saturated rings. The van der Waals surface area contributed by atoms with E-state index < -0.39 is 0 Å². The van der Waals surface area contributed by atoms with Crippen LogP contribution in [0.1, 0.15) is 22.3 Å². The van der Waals surface area contributed by atoms with E-state index in [1.807, 2.05) is 0 Å². The fourth-order valence-corrected chi connectivity index (χ4v) is 2.62. The molecule has 0 aliphatic rings. The molecule has 21 heavy (non-hydrogen) atoms. The van der Waals surface area contributed by atoms with Crippen LogP contribution in [-0.4, -0.2) is 4.98 Å². The lowest BCUT2D eigenvalue weighted by Gasteiger charge is -2.08. The number of rotatable bonds is 4. The van der Waals surface area contributed by atoms with E-state index in [2.05, 4.69) is 61.3 Å². The lowest BCUT2D eigenvalue weighted by molar-refractivity contribution is 0.574. The van der Waals surface area contributed by atoms with Crippen LogP contribution in [0.15, 0.2) is 59.3 Å². The van der Waals surface area contributed by atoms with Crippen molar-refractivity contribution >= 4 is 0 Å². The van der Waals surface area contributed by atoms with Gasteiger partial charge >= 0.3 is 0 Å². The molecule has 2 heteroatoms. The predicted molar refractivity (Wildman–Crippen MR) is 85.3 cm³/mol. The Bertz CT molecular complexity index is 729. The molecule has 0 spiro atoms. The average Bonchev–Trinajstić information content (AvgIpc) is 3.00. The van der Waals surface area contributed by atoms with E-state index in [0.29, 0.717) is 5.89 Å². The third-order valence-electron chi connectivity index (χ3n) is 3.79. The summed E-state index contributed by atoms with van der Waals surface area (Å²) >= 11 is 0. The van der Waals surface area contributed by atoms with E-state index in [9.17, 15) is 0 Å². The van der Waals surface area contributed by atoms with Crippen molar-refractivity contribution in [2.24, 2.45) is 0 Å². The van der Waals surface area contributed by atoms with E-state index in [0.717, 1.165) is 18.4 Å². The summed E-state index contributed by atoms with van der Waals surface area (Å²) in [6.45, 7) is 4.29. The second-order valence-corrected chi connectivity index (χ2v) is 5.47. The van der Waals surface area contributed by atoms with Crippen LogP contribution in [-0.2, 0) is 12.8 Å². The number of benzene rings is 2. The average molecular weight is 277 g/mol. The van der Waals surface area contributed by atoms with Crippen LogP contribution in [0.4, 0.5) is 0 Å². The molecule has 1 heterocycles. The zero-order valence-electron chi connectivity index (χ0n) is 12.5. The van der Waals surface area contributed by atoms with Gasteiger partial charge in [-0.2, -0.15) is 0 Å². The fourth-order valence-electron chi connectivity index (χ4n) is 2.62. The fraction of sp³-hybridized carbons (Fsp3) is 0.211. The van der Waals surface area contributed by atoms with Crippen molar-refractivity contribution in [3.63, 3.8) is 0 Å². The molecule has 0 aliphatic heterocycles. The molecule has 0 amide bonds. The van der Waals surface area contributed by atoms with Crippen LogP contribution in [0.25, 0.3) is 11.5 Å². The smallest absolute Gasteiger partial charge is 0.225 e. The first-order chi connectivity index (χ1) is 10.2. The molecule has 0 bridgehead atoms. The molecule has 0 radical (unpaired) electrons. The van der Waals surface area contributed by atoms with E-state index in [-0.39, 0.29) is 0 Å². The molecule has 0 saturated heterocycles. The Balaban J connectivity index is 1.74. The Labute approximate surface area is 125 Å². The minimum absolute atomic E-state index is 0.684. The highest BCUT2D eigenvalue weighted by Gasteiger charge is 2.06.